The van der Waals surface area contributed by atoms with Crippen LogP contribution in [0.2, 0.25) is 0 Å². The Kier molecular flexibility index (Phi) is 5.83. The van der Waals surface area contributed by atoms with Crippen LogP contribution < -0.4 is 10.2 Å². The Labute approximate surface area is 175 Å². The summed E-state index contributed by atoms with van der Waals surface area (Å²) in [6.45, 7) is 12.6. The monoisotopic (exact) mass is 415 g/mol. The lowest BCUT2D eigenvalue weighted by atomic mass is 9.89. The molecule has 8 heteroatoms. The predicted molar refractivity (Wildman–Crippen MR) is 116 cm³/mol. The van der Waals surface area contributed by atoms with Crippen molar-refractivity contribution in [2.24, 2.45) is 5.92 Å². The molecule has 0 saturated carbocycles. The fourth-order valence-electron chi connectivity index (χ4n) is 4.27. The third-order valence-corrected chi connectivity index (χ3v) is 7.27. The van der Waals surface area contributed by atoms with E-state index in [0.29, 0.717) is 12.5 Å². The molecule has 0 fully saturated rings. The van der Waals surface area contributed by atoms with Gasteiger partial charge in [0, 0.05) is 17.8 Å². The molecule has 3 heterocycles. The lowest BCUT2D eigenvalue weighted by Gasteiger charge is -2.17. The maximum Gasteiger partial charge on any atom is 0.290 e. The highest BCUT2D eigenvalue weighted by Crippen LogP contribution is 2.38. The first-order valence-electron chi connectivity index (χ1n) is 10.8. The Morgan fingerprint density at radius 1 is 1.31 bits per heavy atom. The van der Waals surface area contributed by atoms with E-state index in [1.54, 1.807) is 20.8 Å². The summed E-state index contributed by atoms with van der Waals surface area (Å²) in [7, 11) is 0. The van der Waals surface area contributed by atoms with Crippen molar-refractivity contribution in [1.82, 2.24) is 24.9 Å². The van der Waals surface area contributed by atoms with Crippen LogP contribution in [-0.2, 0) is 12.8 Å². The van der Waals surface area contributed by atoms with Crippen molar-refractivity contribution in [1.29, 1.82) is 0 Å². The van der Waals surface area contributed by atoms with Crippen LogP contribution in [-0.4, -0.2) is 51.7 Å². The van der Waals surface area contributed by atoms with E-state index < -0.39 is 0 Å². The van der Waals surface area contributed by atoms with Gasteiger partial charge in [-0.25, -0.2) is 9.97 Å². The number of aromatic nitrogens is 4. The van der Waals surface area contributed by atoms with Gasteiger partial charge in [-0.1, -0.05) is 6.92 Å². The minimum Gasteiger partial charge on any atom is -0.349 e. The van der Waals surface area contributed by atoms with Gasteiger partial charge in [-0.2, -0.15) is 4.52 Å². The normalized spacial score (nSPS) is 16.7. The number of nitrogens with one attached hydrogen (secondary N) is 2. The van der Waals surface area contributed by atoms with Crippen molar-refractivity contribution < 1.29 is 9.69 Å². The van der Waals surface area contributed by atoms with Gasteiger partial charge in [0.25, 0.3) is 5.91 Å². The molecule has 2 N–H and O–H groups in total. The van der Waals surface area contributed by atoms with E-state index in [1.165, 1.54) is 16.9 Å². The second-order valence-electron chi connectivity index (χ2n) is 8.18. The number of hydrogen-bond acceptors (Lipinski definition) is 5. The Morgan fingerprint density at radius 3 is 2.86 bits per heavy atom. The maximum atomic E-state index is 12.7. The predicted octanol–water partition coefficient (Wildman–Crippen LogP) is 1.82. The number of aryl methyl sites for hydroxylation is 2. The number of hydrogen-bond donors (Lipinski definition) is 2. The van der Waals surface area contributed by atoms with Gasteiger partial charge >= 0.3 is 0 Å². The molecule has 3 aromatic rings. The molecule has 4 rings (SSSR count). The van der Waals surface area contributed by atoms with Crippen LogP contribution >= 0.6 is 11.3 Å². The van der Waals surface area contributed by atoms with E-state index in [1.807, 2.05) is 6.92 Å². The summed E-state index contributed by atoms with van der Waals surface area (Å²) in [6, 6.07) is 0. The zero-order chi connectivity index (χ0) is 20.5. The topological polar surface area (TPSA) is 76.6 Å². The van der Waals surface area contributed by atoms with Crippen LogP contribution in [0.15, 0.2) is 0 Å². The maximum absolute atomic E-state index is 12.7. The van der Waals surface area contributed by atoms with Crippen molar-refractivity contribution in [3.8, 4) is 0 Å². The third kappa shape index (κ3) is 3.88. The lowest BCUT2D eigenvalue weighted by molar-refractivity contribution is -0.896. The molecular weight excluding hydrogens is 384 g/mol. The van der Waals surface area contributed by atoms with E-state index in [2.05, 4.69) is 36.2 Å². The molecule has 1 aliphatic rings. The molecule has 29 heavy (non-hydrogen) atoms. The van der Waals surface area contributed by atoms with Crippen LogP contribution in [0.4, 0.5) is 0 Å². The Hall–Kier alpha value is -2.06. The summed E-state index contributed by atoms with van der Waals surface area (Å²) < 4.78 is 1.74. The summed E-state index contributed by atoms with van der Waals surface area (Å²) in [5.41, 5.74) is 2.14. The molecule has 0 aliphatic heterocycles. The van der Waals surface area contributed by atoms with E-state index in [9.17, 15) is 4.79 Å². The molecule has 1 amide bonds. The summed E-state index contributed by atoms with van der Waals surface area (Å²) in [5.74, 6) is 1.48. The van der Waals surface area contributed by atoms with E-state index in [0.717, 1.165) is 60.6 Å². The number of rotatable bonds is 7. The molecule has 0 unspecified atom stereocenters. The van der Waals surface area contributed by atoms with Crippen LogP contribution in [0.25, 0.3) is 15.9 Å². The van der Waals surface area contributed by atoms with Gasteiger partial charge in [0.15, 0.2) is 5.65 Å². The minimum absolute atomic E-state index is 0.201. The first-order chi connectivity index (χ1) is 14.0. The lowest BCUT2D eigenvalue weighted by Crippen LogP contribution is -3.11. The molecule has 0 saturated heterocycles. The second-order valence-corrected chi connectivity index (χ2v) is 9.26. The van der Waals surface area contributed by atoms with Crippen LogP contribution in [0.1, 0.15) is 60.5 Å². The standard InChI is InChI=1S/C21H30N6OS/c1-5-26(6-2)11-7-10-22-20(28)18-24-19-17-15-12-13(3)8-9-16(15)29-21(17)23-14(4)27(19)25-18/h13H,5-12H2,1-4H3,(H,22,28)/p+1/t13-/m1/s1. The average Bonchev–Trinajstić information content (AvgIpc) is 3.29. The molecule has 0 aromatic carbocycles. The number of quaternary nitrogens is 1. The minimum atomic E-state index is -0.201. The summed E-state index contributed by atoms with van der Waals surface area (Å²) in [6.07, 6.45) is 4.35. The smallest absolute Gasteiger partial charge is 0.290 e. The summed E-state index contributed by atoms with van der Waals surface area (Å²) in [4.78, 5) is 26.1. The Morgan fingerprint density at radius 2 is 2.10 bits per heavy atom. The van der Waals surface area contributed by atoms with E-state index in [4.69, 9.17) is 4.98 Å². The van der Waals surface area contributed by atoms with Crippen molar-refractivity contribution >= 4 is 33.1 Å². The quantitative estimate of drug-likeness (QED) is 0.577. The largest absolute Gasteiger partial charge is 0.349 e. The number of carbonyl (C=O) groups is 1. The van der Waals surface area contributed by atoms with Crippen molar-refractivity contribution in [2.75, 3.05) is 26.2 Å². The molecule has 1 atom stereocenters. The molecule has 3 aromatic heterocycles. The fourth-order valence-corrected chi connectivity index (χ4v) is 5.52. The molecule has 0 radical (unpaired) electrons. The van der Waals surface area contributed by atoms with E-state index in [-0.39, 0.29) is 11.7 Å². The number of amides is 1. The number of nitrogens with zero attached hydrogens (tertiary/aromatic N) is 4. The molecule has 0 bridgehead atoms. The number of carbonyl (C=O) groups excluding carboxylic acids is 1. The van der Waals surface area contributed by atoms with Gasteiger partial charge in [-0.05, 0) is 51.5 Å². The molecular formula is C21H31N6OS+. The second kappa shape index (κ2) is 8.36. The first-order valence-corrected chi connectivity index (χ1v) is 11.6. The molecule has 1 aliphatic carbocycles. The van der Waals surface area contributed by atoms with E-state index >= 15 is 0 Å². The summed E-state index contributed by atoms with van der Waals surface area (Å²) >= 11 is 1.78. The Bertz CT molecular complexity index is 1040. The van der Waals surface area contributed by atoms with Crippen molar-refractivity contribution in [2.45, 2.75) is 53.4 Å². The van der Waals surface area contributed by atoms with Gasteiger partial charge in [0.05, 0.1) is 25.0 Å². The highest BCUT2D eigenvalue weighted by Gasteiger charge is 2.25. The zero-order valence-corrected chi connectivity index (χ0v) is 18.7. The van der Waals surface area contributed by atoms with Crippen molar-refractivity contribution in [3.63, 3.8) is 0 Å². The SMILES string of the molecule is CC[NH+](CC)CCCNC(=O)c1nc2c3c4c(sc3nc(C)n2n1)CC[C@@H](C)C4. The Balaban J connectivity index is 1.58. The summed E-state index contributed by atoms with van der Waals surface area (Å²) in [5, 5.41) is 8.57. The van der Waals surface area contributed by atoms with Crippen molar-refractivity contribution in [3.05, 3.63) is 22.1 Å². The van der Waals surface area contributed by atoms with Crippen LogP contribution in [0.3, 0.4) is 0 Å². The van der Waals surface area contributed by atoms with Crippen LogP contribution in [0.5, 0.6) is 0 Å². The molecule has 156 valence electrons. The van der Waals surface area contributed by atoms with Gasteiger partial charge in [-0.3, -0.25) is 4.79 Å². The van der Waals surface area contributed by atoms with Gasteiger partial charge in [0.1, 0.15) is 10.7 Å². The van der Waals surface area contributed by atoms with Crippen LogP contribution in [0, 0.1) is 12.8 Å². The highest BCUT2D eigenvalue weighted by atomic mass is 32.1. The average molecular weight is 416 g/mol. The number of thiophene rings is 1. The van der Waals surface area contributed by atoms with Gasteiger partial charge in [0.2, 0.25) is 5.82 Å². The van der Waals surface area contributed by atoms with Gasteiger partial charge in [-0.15, -0.1) is 16.4 Å². The molecule has 7 nitrogen and oxygen atoms in total. The van der Waals surface area contributed by atoms with Gasteiger partial charge < -0.3 is 10.2 Å². The first kappa shape index (κ1) is 20.2. The fraction of sp³-hybridized carbons (Fsp3) is 0.619. The molecule has 0 spiro atoms. The zero-order valence-electron chi connectivity index (χ0n) is 17.8. The highest BCUT2D eigenvalue weighted by molar-refractivity contribution is 7.19. The number of fused-ring (bicyclic) bond motifs is 5. The third-order valence-electron chi connectivity index (χ3n) is 6.09.